The fourth-order valence-corrected chi connectivity index (χ4v) is 4.14. The van der Waals surface area contributed by atoms with Crippen molar-refractivity contribution in [1.29, 1.82) is 0 Å². The largest absolute Gasteiger partial charge is 0.463 e. The monoisotopic (exact) mass is 515 g/mol. The molecule has 1 aromatic rings. The Labute approximate surface area is 194 Å². The SMILES string of the molecule is CCOC(=O)C(O)(c1cn(CC2CCN(C(=O)C3NC(=O)CC3C(F)(F)F)CC2)nn1)C(F)(F)F. The second-order valence-electron chi connectivity index (χ2n) is 8.42. The Kier molecular flexibility index (Phi) is 7.34. The molecule has 0 saturated carbocycles. The number of ether oxygens (including phenoxy) is 1. The number of nitrogens with one attached hydrogen (secondary N) is 1. The molecule has 10 nitrogen and oxygen atoms in total. The van der Waals surface area contributed by atoms with Crippen molar-refractivity contribution in [2.75, 3.05) is 19.7 Å². The molecule has 0 radical (unpaired) electrons. The van der Waals surface area contributed by atoms with E-state index >= 15 is 0 Å². The van der Waals surface area contributed by atoms with E-state index < -0.39 is 66.4 Å². The fraction of sp³-hybridized carbons (Fsp3) is 0.737. The van der Waals surface area contributed by atoms with E-state index in [1.54, 1.807) is 0 Å². The molecule has 196 valence electrons. The number of alkyl halides is 6. The van der Waals surface area contributed by atoms with Crippen LogP contribution in [0.3, 0.4) is 0 Å². The maximum atomic E-state index is 13.4. The third kappa shape index (κ3) is 5.36. The van der Waals surface area contributed by atoms with Gasteiger partial charge in [0.25, 0.3) is 0 Å². The molecule has 2 amide bonds. The lowest BCUT2D eigenvalue weighted by molar-refractivity contribution is -0.269. The first-order valence-corrected chi connectivity index (χ1v) is 10.7. The van der Waals surface area contributed by atoms with Crippen LogP contribution in [0.15, 0.2) is 6.20 Å². The predicted octanol–water partition coefficient (Wildman–Crippen LogP) is 0.897. The number of carbonyl (C=O) groups excluding carboxylic acids is 3. The van der Waals surface area contributed by atoms with Crippen LogP contribution in [0.1, 0.15) is 31.9 Å². The average molecular weight is 515 g/mol. The number of amides is 2. The topological polar surface area (TPSA) is 127 Å². The number of rotatable bonds is 6. The molecule has 2 aliphatic heterocycles. The van der Waals surface area contributed by atoms with E-state index in [1.807, 2.05) is 0 Å². The zero-order valence-corrected chi connectivity index (χ0v) is 18.4. The highest BCUT2D eigenvalue weighted by atomic mass is 19.4. The van der Waals surface area contributed by atoms with Crippen molar-refractivity contribution in [3.8, 4) is 0 Å². The molecule has 1 aromatic heterocycles. The highest BCUT2D eigenvalue weighted by Crippen LogP contribution is 2.39. The maximum Gasteiger partial charge on any atom is 0.434 e. The van der Waals surface area contributed by atoms with Crippen LogP contribution in [0.4, 0.5) is 26.3 Å². The van der Waals surface area contributed by atoms with Crippen LogP contribution >= 0.6 is 0 Å². The molecule has 2 aliphatic rings. The van der Waals surface area contributed by atoms with Gasteiger partial charge >= 0.3 is 23.9 Å². The van der Waals surface area contributed by atoms with Crippen LogP contribution in [-0.2, 0) is 31.3 Å². The van der Waals surface area contributed by atoms with Crippen LogP contribution in [0.25, 0.3) is 0 Å². The number of hydrogen-bond acceptors (Lipinski definition) is 7. The molecule has 16 heteroatoms. The van der Waals surface area contributed by atoms with Crippen LogP contribution < -0.4 is 5.32 Å². The Balaban J connectivity index is 1.62. The van der Waals surface area contributed by atoms with E-state index in [0.29, 0.717) is 12.8 Å². The standard InChI is InChI=1S/C19H23F6N5O5/c1-2-35-16(33)17(34,19(23,24)25)12-9-30(28-27-12)8-10-3-5-29(6-4-10)15(32)14-11(18(20,21)22)7-13(31)26-14/h9-11,14,34H,2-8H2,1H3,(H,26,31). The molecule has 35 heavy (non-hydrogen) atoms. The summed E-state index contributed by atoms with van der Waals surface area (Å²) in [6.45, 7) is 1.02. The number of hydrogen-bond donors (Lipinski definition) is 2. The second kappa shape index (κ2) is 9.62. The summed E-state index contributed by atoms with van der Waals surface area (Å²) in [5.74, 6) is -5.98. The molecule has 0 spiro atoms. The van der Waals surface area contributed by atoms with E-state index in [9.17, 15) is 45.8 Å². The van der Waals surface area contributed by atoms with Gasteiger partial charge in [0, 0.05) is 26.1 Å². The summed E-state index contributed by atoms with van der Waals surface area (Å²) in [5.41, 5.74) is -5.07. The number of aliphatic hydroxyl groups is 1. The first-order valence-electron chi connectivity index (χ1n) is 10.7. The molecule has 3 unspecified atom stereocenters. The molecule has 0 aliphatic carbocycles. The van der Waals surface area contributed by atoms with E-state index in [4.69, 9.17) is 0 Å². The van der Waals surface area contributed by atoms with Crippen molar-refractivity contribution in [2.45, 2.75) is 56.7 Å². The summed E-state index contributed by atoms with van der Waals surface area (Å²) in [6.07, 6.45) is -9.61. The number of nitrogens with zero attached hydrogens (tertiary/aromatic N) is 4. The number of halogens is 6. The van der Waals surface area contributed by atoms with E-state index in [1.165, 1.54) is 11.8 Å². The lowest BCUT2D eigenvalue weighted by Crippen LogP contribution is -2.52. The summed E-state index contributed by atoms with van der Waals surface area (Å²) in [4.78, 5) is 37.1. The van der Waals surface area contributed by atoms with Gasteiger partial charge in [-0.15, -0.1) is 5.10 Å². The average Bonchev–Trinajstić information content (AvgIpc) is 3.39. The van der Waals surface area contributed by atoms with Crippen LogP contribution in [-0.4, -0.2) is 80.9 Å². The van der Waals surface area contributed by atoms with E-state index in [-0.39, 0.29) is 25.6 Å². The minimum atomic E-state index is -5.42. The van der Waals surface area contributed by atoms with Crippen molar-refractivity contribution in [3.05, 3.63) is 11.9 Å². The first-order chi connectivity index (χ1) is 16.2. The fourth-order valence-electron chi connectivity index (χ4n) is 4.14. The van der Waals surface area contributed by atoms with Gasteiger partial charge in [-0.25, -0.2) is 4.79 Å². The third-order valence-electron chi connectivity index (χ3n) is 6.07. The van der Waals surface area contributed by atoms with Gasteiger partial charge in [-0.1, -0.05) is 5.21 Å². The Morgan fingerprint density at radius 3 is 2.37 bits per heavy atom. The summed E-state index contributed by atoms with van der Waals surface area (Å²) in [7, 11) is 0. The molecular formula is C19H23F6N5O5. The summed E-state index contributed by atoms with van der Waals surface area (Å²) in [6, 6.07) is -1.69. The molecule has 3 rings (SSSR count). The molecule has 3 heterocycles. The Bertz CT molecular complexity index is 959. The number of aromatic nitrogens is 3. The maximum absolute atomic E-state index is 13.4. The molecular weight excluding hydrogens is 492 g/mol. The van der Waals surface area contributed by atoms with Gasteiger partial charge < -0.3 is 20.1 Å². The lowest BCUT2D eigenvalue weighted by Gasteiger charge is -2.34. The van der Waals surface area contributed by atoms with Gasteiger partial charge in [0.05, 0.1) is 18.7 Å². The normalized spacial score (nSPS) is 23.7. The smallest absolute Gasteiger partial charge is 0.434 e. The second-order valence-corrected chi connectivity index (χ2v) is 8.42. The van der Waals surface area contributed by atoms with Gasteiger partial charge in [-0.05, 0) is 25.7 Å². The number of carbonyl (C=O) groups is 3. The Hall–Kier alpha value is -2.91. The van der Waals surface area contributed by atoms with Crippen molar-refractivity contribution in [3.63, 3.8) is 0 Å². The van der Waals surface area contributed by atoms with Gasteiger partial charge in [0.15, 0.2) is 0 Å². The Morgan fingerprint density at radius 2 is 1.83 bits per heavy atom. The quantitative estimate of drug-likeness (QED) is 0.426. The third-order valence-corrected chi connectivity index (χ3v) is 6.07. The molecule has 2 fully saturated rings. The summed E-state index contributed by atoms with van der Waals surface area (Å²) in [5, 5.41) is 19.0. The highest BCUT2D eigenvalue weighted by molar-refractivity contribution is 5.91. The number of esters is 1. The van der Waals surface area contributed by atoms with Crippen LogP contribution in [0, 0.1) is 11.8 Å². The van der Waals surface area contributed by atoms with Gasteiger partial charge in [0.1, 0.15) is 11.7 Å². The van der Waals surface area contributed by atoms with Crippen LogP contribution in [0.5, 0.6) is 0 Å². The molecule has 2 saturated heterocycles. The lowest BCUT2D eigenvalue weighted by atomic mass is 9.94. The summed E-state index contributed by atoms with van der Waals surface area (Å²) >= 11 is 0. The highest BCUT2D eigenvalue weighted by Gasteiger charge is 2.64. The molecule has 0 aromatic carbocycles. The number of piperidine rings is 1. The molecule has 0 bridgehead atoms. The zero-order chi connectivity index (χ0) is 26.2. The van der Waals surface area contributed by atoms with Crippen molar-refractivity contribution in [2.24, 2.45) is 11.8 Å². The summed E-state index contributed by atoms with van der Waals surface area (Å²) < 4.78 is 85.2. The predicted molar refractivity (Wildman–Crippen MR) is 102 cm³/mol. The number of likely N-dealkylation sites (tertiary alicyclic amines) is 1. The van der Waals surface area contributed by atoms with E-state index in [0.717, 1.165) is 10.9 Å². The molecule has 3 atom stereocenters. The Morgan fingerprint density at radius 1 is 1.20 bits per heavy atom. The van der Waals surface area contributed by atoms with Crippen molar-refractivity contribution < 1.29 is 50.6 Å². The van der Waals surface area contributed by atoms with E-state index in [2.05, 4.69) is 20.4 Å². The van der Waals surface area contributed by atoms with Crippen molar-refractivity contribution >= 4 is 17.8 Å². The van der Waals surface area contributed by atoms with Gasteiger partial charge in [0.2, 0.25) is 11.8 Å². The minimum absolute atomic E-state index is 0.0249. The minimum Gasteiger partial charge on any atom is -0.463 e. The molecule has 2 N–H and O–H groups in total. The van der Waals surface area contributed by atoms with Gasteiger partial charge in [-0.3, -0.25) is 14.3 Å². The van der Waals surface area contributed by atoms with Crippen LogP contribution in [0.2, 0.25) is 0 Å². The van der Waals surface area contributed by atoms with Crippen molar-refractivity contribution in [1.82, 2.24) is 25.2 Å². The zero-order valence-electron chi connectivity index (χ0n) is 18.4. The van der Waals surface area contributed by atoms with Gasteiger partial charge in [-0.2, -0.15) is 26.3 Å². The first kappa shape index (κ1) is 26.7.